The summed E-state index contributed by atoms with van der Waals surface area (Å²) in [5, 5.41) is 4.48. The van der Waals surface area contributed by atoms with E-state index in [1.807, 2.05) is 45.0 Å². The number of anilines is 3. The predicted molar refractivity (Wildman–Crippen MR) is 154 cm³/mol. The predicted octanol–water partition coefficient (Wildman–Crippen LogP) is 5.83. The number of halogens is 1. The number of fused-ring (bicyclic) bond motifs is 1. The summed E-state index contributed by atoms with van der Waals surface area (Å²) in [5.74, 6) is 1.86. The minimum Gasteiger partial charge on any atom is -0.491 e. The van der Waals surface area contributed by atoms with Gasteiger partial charge in [-0.2, -0.15) is 0 Å². The van der Waals surface area contributed by atoms with Gasteiger partial charge in [-0.25, -0.2) is 14.8 Å². The van der Waals surface area contributed by atoms with Crippen LogP contribution in [-0.2, 0) is 11.3 Å². The quantitative estimate of drug-likeness (QED) is 0.255. The summed E-state index contributed by atoms with van der Waals surface area (Å²) in [4.78, 5) is 26.9. The lowest BCUT2D eigenvalue weighted by Crippen LogP contribution is -2.53. The number of pyridine rings is 1. The first-order chi connectivity index (χ1) is 19.1. The molecule has 0 aliphatic carbocycles. The first kappa shape index (κ1) is 27.3. The van der Waals surface area contributed by atoms with Crippen LogP contribution in [0.1, 0.15) is 26.5 Å². The molecule has 208 valence electrons. The van der Waals surface area contributed by atoms with E-state index in [1.54, 1.807) is 35.4 Å². The van der Waals surface area contributed by atoms with Crippen LogP contribution in [0.5, 0.6) is 11.5 Å². The Morgan fingerprint density at radius 1 is 1.07 bits per heavy atom. The van der Waals surface area contributed by atoms with Crippen molar-refractivity contribution in [3.8, 4) is 11.5 Å². The molecule has 0 spiro atoms. The lowest BCUT2D eigenvalue weighted by molar-refractivity contribution is -0.00776. The number of carbonyl (C=O) groups excluding carboxylic acids is 1. The van der Waals surface area contributed by atoms with Gasteiger partial charge in [0, 0.05) is 42.3 Å². The number of carbonyl (C=O) groups is 1. The molecule has 2 aromatic heterocycles. The number of hydrogen-bond donors (Lipinski definition) is 2. The Balaban J connectivity index is 1.21. The Kier molecular flexibility index (Phi) is 7.79. The number of amides is 1. The summed E-state index contributed by atoms with van der Waals surface area (Å²) in [7, 11) is 0. The van der Waals surface area contributed by atoms with E-state index in [4.69, 9.17) is 31.5 Å². The molecule has 0 bridgehead atoms. The van der Waals surface area contributed by atoms with Gasteiger partial charge in [-0.05, 0) is 57.2 Å². The van der Waals surface area contributed by atoms with Gasteiger partial charge in [0.05, 0.1) is 28.5 Å². The maximum atomic E-state index is 12.1. The number of aromatic nitrogens is 3. The zero-order valence-electron chi connectivity index (χ0n) is 22.6. The largest absolute Gasteiger partial charge is 0.491 e. The molecule has 11 heteroatoms. The Labute approximate surface area is 237 Å². The minimum atomic E-state index is -0.516. The zero-order chi connectivity index (χ0) is 28.3. The number of rotatable bonds is 8. The van der Waals surface area contributed by atoms with Gasteiger partial charge in [0.15, 0.2) is 0 Å². The van der Waals surface area contributed by atoms with Crippen LogP contribution in [0.15, 0.2) is 61.1 Å². The smallest absolute Gasteiger partial charge is 0.410 e. The topological polar surface area (TPSA) is 125 Å². The second kappa shape index (κ2) is 11.4. The number of nitrogens with one attached hydrogen (secondary N) is 1. The van der Waals surface area contributed by atoms with Crippen LogP contribution in [0, 0.1) is 5.92 Å². The summed E-state index contributed by atoms with van der Waals surface area (Å²) in [5.41, 5.74) is 8.49. The average molecular weight is 563 g/mol. The van der Waals surface area contributed by atoms with Crippen molar-refractivity contribution in [3.63, 3.8) is 0 Å². The molecule has 1 saturated heterocycles. The van der Waals surface area contributed by atoms with E-state index in [2.05, 4.69) is 20.3 Å². The van der Waals surface area contributed by atoms with E-state index in [1.165, 1.54) is 6.33 Å². The summed E-state index contributed by atoms with van der Waals surface area (Å²) >= 11 is 6.47. The van der Waals surface area contributed by atoms with Gasteiger partial charge in [-0.15, -0.1) is 0 Å². The van der Waals surface area contributed by atoms with Crippen LogP contribution in [0.25, 0.3) is 10.9 Å². The van der Waals surface area contributed by atoms with Gasteiger partial charge in [-0.1, -0.05) is 17.7 Å². The molecule has 0 unspecified atom stereocenters. The van der Waals surface area contributed by atoms with Crippen molar-refractivity contribution in [2.45, 2.75) is 33.0 Å². The van der Waals surface area contributed by atoms with Crippen molar-refractivity contribution in [2.75, 3.05) is 30.7 Å². The average Bonchev–Trinajstić information content (AvgIpc) is 2.87. The standard InChI is InChI=1S/C29H31ClN6O4/c1-29(2,3)40-28(37)36-13-18(14-36)15-38-26-12-24-21(11-23(26)31)27(34-17-33-24)35-19-7-8-25(22(30)10-19)39-16-20-6-4-5-9-32-20/h4-12,17-18H,13-16,31H2,1-3H3,(H,33,34,35). The molecular formula is C29H31ClN6O4. The first-order valence-corrected chi connectivity index (χ1v) is 13.3. The van der Waals surface area contributed by atoms with Crippen LogP contribution in [-0.4, -0.2) is 51.2 Å². The van der Waals surface area contributed by atoms with Gasteiger partial charge < -0.3 is 30.2 Å². The van der Waals surface area contributed by atoms with E-state index >= 15 is 0 Å². The van der Waals surface area contributed by atoms with Gasteiger partial charge in [0.25, 0.3) is 0 Å². The number of nitrogens with two attached hydrogens (primary N) is 1. The van der Waals surface area contributed by atoms with Gasteiger partial charge in [0.2, 0.25) is 0 Å². The van der Waals surface area contributed by atoms with Crippen LogP contribution in [0.2, 0.25) is 5.02 Å². The minimum absolute atomic E-state index is 0.200. The maximum Gasteiger partial charge on any atom is 0.410 e. The number of nitrogen functional groups attached to an aromatic ring is 1. The monoisotopic (exact) mass is 562 g/mol. The lowest BCUT2D eigenvalue weighted by atomic mass is 10.0. The first-order valence-electron chi connectivity index (χ1n) is 12.9. The highest BCUT2D eigenvalue weighted by Crippen LogP contribution is 2.34. The number of hydrogen-bond acceptors (Lipinski definition) is 9. The SMILES string of the molecule is CC(C)(C)OC(=O)N1CC(COc2cc3ncnc(Nc4ccc(OCc5ccccn5)c(Cl)c4)c3cc2N)C1. The lowest BCUT2D eigenvalue weighted by Gasteiger charge is -2.39. The van der Waals surface area contributed by atoms with Crippen LogP contribution in [0.4, 0.5) is 22.0 Å². The molecule has 1 amide bonds. The molecule has 3 heterocycles. The Hall–Kier alpha value is -4.31. The number of benzene rings is 2. The van der Waals surface area contributed by atoms with Crippen molar-refractivity contribution >= 4 is 45.8 Å². The summed E-state index contributed by atoms with van der Waals surface area (Å²) in [6, 6.07) is 14.6. The molecule has 4 aromatic rings. The van der Waals surface area contributed by atoms with Crippen LogP contribution < -0.4 is 20.5 Å². The molecule has 3 N–H and O–H groups in total. The number of likely N-dealkylation sites (tertiary alicyclic amines) is 1. The molecule has 40 heavy (non-hydrogen) atoms. The van der Waals surface area contributed by atoms with Crippen molar-refractivity contribution in [1.29, 1.82) is 0 Å². The third kappa shape index (κ3) is 6.63. The highest BCUT2D eigenvalue weighted by molar-refractivity contribution is 6.32. The van der Waals surface area contributed by atoms with Gasteiger partial charge in [0.1, 0.15) is 35.9 Å². The van der Waals surface area contributed by atoms with Gasteiger partial charge in [-0.3, -0.25) is 4.98 Å². The molecule has 1 aliphatic rings. The number of nitrogens with zero attached hydrogens (tertiary/aromatic N) is 4. The van der Waals surface area contributed by atoms with Crippen LogP contribution in [0.3, 0.4) is 0 Å². The Morgan fingerprint density at radius 2 is 1.90 bits per heavy atom. The highest BCUT2D eigenvalue weighted by atomic mass is 35.5. The molecule has 5 rings (SSSR count). The van der Waals surface area contributed by atoms with Crippen molar-refractivity contribution < 1.29 is 19.0 Å². The van der Waals surface area contributed by atoms with Gasteiger partial charge >= 0.3 is 6.09 Å². The normalized spacial score (nSPS) is 13.6. The fourth-order valence-electron chi connectivity index (χ4n) is 4.15. The van der Waals surface area contributed by atoms with Crippen molar-refractivity contribution in [1.82, 2.24) is 19.9 Å². The second-order valence-corrected chi connectivity index (χ2v) is 11.0. The molecule has 0 saturated carbocycles. The molecule has 0 radical (unpaired) electrons. The van der Waals surface area contributed by atoms with Crippen molar-refractivity contribution in [2.24, 2.45) is 5.92 Å². The van der Waals surface area contributed by atoms with E-state index < -0.39 is 5.60 Å². The van der Waals surface area contributed by atoms with E-state index in [9.17, 15) is 4.79 Å². The Bertz CT molecular complexity index is 1510. The summed E-state index contributed by atoms with van der Waals surface area (Å²) in [6.45, 7) is 7.45. The molecule has 1 fully saturated rings. The molecular weight excluding hydrogens is 532 g/mol. The molecule has 0 atom stereocenters. The van der Waals surface area contributed by atoms with E-state index in [-0.39, 0.29) is 12.0 Å². The highest BCUT2D eigenvalue weighted by Gasteiger charge is 2.34. The summed E-state index contributed by atoms with van der Waals surface area (Å²) in [6.07, 6.45) is 2.89. The molecule has 1 aliphatic heterocycles. The third-order valence-corrected chi connectivity index (χ3v) is 6.44. The number of ether oxygens (including phenoxy) is 3. The van der Waals surface area contributed by atoms with E-state index in [0.29, 0.717) is 59.8 Å². The zero-order valence-corrected chi connectivity index (χ0v) is 23.3. The third-order valence-electron chi connectivity index (χ3n) is 6.15. The fourth-order valence-corrected chi connectivity index (χ4v) is 4.39. The molecule has 2 aromatic carbocycles. The van der Waals surface area contributed by atoms with Crippen LogP contribution >= 0.6 is 11.6 Å². The van der Waals surface area contributed by atoms with E-state index in [0.717, 1.165) is 16.8 Å². The van der Waals surface area contributed by atoms with Crippen molar-refractivity contribution in [3.05, 3.63) is 71.8 Å². The molecule has 10 nitrogen and oxygen atoms in total. The second-order valence-electron chi connectivity index (χ2n) is 10.6. The Morgan fingerprint density at radius 3 is 2.62 bits per heavy atom. The summed E-state index contributed by atoms with van der Waals surface area (Å²) < 4.78 is 17.2. The fraction of sp³-hybridized carbons (Fsp3) is 0.310. The maximum absolute atomic E-state index is 12.1.